The lowest BCUT2D eigenvalue weighted by molar-refractivity contribution is 0.0696. The number of carbonyl (C=O) groups is 1. The van der Waals surface area contributed by atoms with E-state index < -0.39 is 5.97 Å². The second-order valence-corrected chi connectivity index (χ2v) is 4.84. The van der Waals surface area contributed by atoms with Gasteiger partial charge in [-0.2, -0.15) is 0 Å². The highest BCUT2D eigenvalue weighted by Gasteiger charge is 2.20. The Morgan fingerprint density at radius 2 is 2.35 bits per heavy atom. The van der Waals surface area contributed by atoms with E-state index >= 15 is 0 Å². The Kier molecular flexibility index (Phi) is 3.74. The predicted octanol–water partition coefficient (Wildman–Crippen LogP) is 2.06. The summed E-state index contributed by atoms with van der Waals surface area (Å²) in [5.74, 6) is -0.114. The maximum absolute atomic E-state index is 10.7. The first kappa shape index (κ1) is 12.0. The Morgan fingerprint density at radius 1 is 1.53 bits per heavy atom. The smallest absolute Gasteiger partial charge is 0.337 e. The van der Waals surface area contributed by atoms with E-state index in [1.54, 1.807) is 12.1 Å². The number of nitrogens with zero attached hydrogens (tertiary/aromatic N) is 1. The number of aromatic nitrogens is 1. The van der Waals surface area contributed by atoms with E-state index in [0.29, 0.717) is 6.04 Å². The van der Waals surface area contributed by atoms with E-state index in [9.17, 15) is 4.79 Å². The highest BCUT2D eigenvalue weighted by Crippen LogP contribution is 2.24. The van der Waals surface area contributed by atoms with Crippen molar-refractivity contribution in [3.8, 4) is 0 Å². The predicted molar refractivity (Wildman–Crippen MR) is 64.8 cm³/mol. The van der Waals surface area contributed by atoms with Crippen LogP contribution < -0.4 is 5.32 Å². The molecule has 2 atom stereocenters. The van der Waals surface area contributed by atoms with E-state index in [1.165, 1.54) is 25.5 Å². The highest BCUT2D eigenvalue weighted by atomic mass is 16.4. The second kappa shape index (κ2) is 5.27. The molecular weight excluding hydrogens is 216 g/mol. The third-order valence-corrected chi connectivity index (χ3v) is 3.34. The Bertz CT molecular complexity index is 389. The summed E-state index contributed by atoms with van der Waals surface area (Å²) >= 11 is 0. The molecule has 0 bridgehead atoms. The topological polar surface area (TPSA) is 62.2 Å². The maximum Gasteiger partial charge on any atom is 0.337 e. The van der Waals surface area contributed by atoms with Crippen LogP contribution in [0.4, 0.5) is 0 Å². The first-order valence-corrected chi connectivity index (χ1v) is 6.07. The fourth-order valence-corrected chi connectivity index (χ4v) is 2.30. The minimum atomic E-state index is -0.929. The molecule has 2 rings (SSSR count). The zero-order valence-electron chi connectivity index (χ0n) is 10.0. The van der Waals surface area contributed by atoms with Gasteiger partial charge in [-0.3, -0.25) is 4.98 Å². The fraction of sp³-hybridized carbons (Fsp3) is 0.538. The van der Waals surface area contributed by atoms with E-state index in [4.69, 9.17) is 5.11 Å². The summed E-state index contributed by atoms with van der Waals surface area (Å²) in [6.45, 7) is 3.00. The number of aromatic carboxylic acids is 1. The van der Waals surface area contributed by atoms with Crippen molar-refractivity contribution in [1.82, 2.24) is 10.3 Å². The van der Waals surface area contributed by atoms with E-state index in [1.807, 2.05) is 0 Å². The molecule has 0 spiro atoms. The Balaban J connectivity index is 1.85. The van der Waals surface area contributed by atoms with Crippen LogP contribution in [0.15, 0.2) is 18.3 Å². The maximum atomic E-state index is 10.7. The zero-order valence-corrected chi connectivity index (χ0v) is 10.0. The molecule has 0 aromatic carbocycles. The second-order valence-electron chi connectivity index (χ2n) is 4.84. The van der Waals surface area contributed by atoms with Crippen LogP contribution in [-0.2, 0) is 6.54 Å². The van der Waals surface area contributed by atoms with Crippen molar-refractivity contribution in [3.05, 3.63) is 29.6 Å². The van der Waals surface area contributed by atoms with Crippen molar-refractivity contribution >= 4 is 5.97 Å². The van der Waals surface area contributed by atoms with Gasteiger partial charge in [-0.05, 0) is 37.3 Å². The quantitative estimate of drug-likeness (QED) is 0.837. The molecule has 17 heavy (non-hydrogen) atoms. The summed E-state index contributed by atoms with van der Waals surface area (Å²) in [6.07, 6.45) is 5.17. The van der Waals surface area contributed by atoms with Crippen LogP contribution in [0.25, 0.3) is 0 Å². The summed E-state index contributed by atoms with van der Waals surface area (Å²) in [7, 11) is 0. The number of carboxylic acids is 1. The van der Waals surface area contributed by atoms with Gasteiger partial charge in [-0.1, -0.05) is 6.92 Å². The molecule has 0 radical (unpaired) electrons. The first-order chi connectivity index (χ1) is 8.15. The van der Waals surface area contributed by atoms with Crippen LogP contribution in [0.3, 0.4) is 0 Å². The van der Waals surface area contributed by atoms with Crippen molar-refractivity contribution in [2.75, 3.05) is 0 Å². The normalized spacial score (nSPS) is 23.8. The lowest BCUT2D eigenvalue weighted by Gasteiger charge is -2.11. The molecule has 1 aromatic rings. The average molecular weight is 234 g/mol. The molecule has 4 nitrogen and oxygen atoms in total. The molecule has 1 saturated carbocycles. The van der Waals surface area contributed by atoms with Gasteiger partial charge in [0.1, 0.15) is 0 Å². The van der Waals surface area contributed by atoms with Crippen molar-refractivity contribution in [1.29, 1.82) is 0 Å². The van der Waals surface area contributed by atoms with Gasteiger partial charge < -0.3 is 10.4 Å². The SMILES string of the molecule is CC1CCC(NCc2ccc(C(=O)O)cn2)C1. The molecule has 2 unspecified atom stereocenters. The van der Waals surface area contributed by atoms with Gasteiger partial charge in [0, 0.05) is 18.8 Å². The lowest BCUT2D eigenvalue weighted by Crippen LogP contribution is -2.26. The Hall–Kier alpha value is -1.42. The largest absolute Gasteiger partial charge is 0.478 e. The van der Waals surface area contributed by atoms with Crippen LogP contribution in [0.5, 0.6) is 0 Å². The average Bonchev–Trinajstić information content (AvgIpc) is 2.73. The summed E-state index contributed by atoms with van der Waals surface area (Å²) in [5, 5.41) is 12.2. The van der Waals surface area contributed by atoms with Gasteiger partial charge in [-0.25, -0.2) is 4.79 Å². The number of carboxylic acid groups (broad SMARTS) is 1. The van der Waals surface area contributed by atoms with Gasteiger partial charge in [0.15, 0.2) is 0 Å². The van der Waals surface area contributed by atoms with Crippen molar-refractivity contribution in [3.63, 3.8) is 0 Å². The molecule has 0 amide bonds. The van der Waals surface area contributed by atoms with Gasteiger partial charge >= 0.3 is 5.97 Å². The standard InChI is InChI=1S/C13H18N2O2/c1-9-2-4-11(6-9)15-8-12-5-3-10(7-14-12)13(16)17/h3,5,7,9,11,15H,2,4,6,8H2,1H3,(H,16,17). The third kappa shape index (κ3) is 3.27. The summed E-state index contributed by atoms with van der Waals surface area (Å²) < 4.78 is 0. The molecule has 92 valence electrons. The monoisotopic (exact) mass is 234 g/mol. The molecule has 1 aliphatic carbocycles. The van der Waals surface area contributed by atoms with E-state index in [-0.39, 0.29) is 5.56 Å². The lowest BCUT2D eigenvalue weighted by atomic mass is 10.1. The number of hydrogen-bond acceptors (Lipinski definition) is 3. The van der Waals surface area contributed by atoms with E-state index in [2.05, 4.69) is 17.2 Å². The summed E-state index contributed by atoms with van der Waals surface area (Å²) in [5.41, 5.74) is 1.14. The molecule has 1 aliphatic rings. The molecule has 1 heterocycles. The highest BCUT2D eigenvalue weighted by molar-refractivity contribution is 5.87. The molecular formula is C13H18N2O2. The van der Waals surface area contributed by atoms with Gasteiger partial charge in [0.25, 0.3) is 0 Å². The van der Waals surface area contributed by atoms with Crippen LogP contribution in [0, 0.1) is 5.92 Å². The van der Waals surface area contributed by atoms with Crippen molar-refractivity contribution in [2.24, 2.45) is 5.92 Å². The summed E-state index contributed by atoms with van der Waals surface area (Å²) in [6, 6.07) is 3.96. The molecule has 1 fully saturated rings. The molecule has 1 aromatic heterocycles. The minimum absolute atomic E-state index is 0.239. The third-order valence-electron chi connectivity index (χ3n) is 3.34. The van der Waals surface area contributed by atoms with Crippen LogP contribution in [0.2, 0.25) is 0 Å². The zero-order chi connectivity index (χ0) is 12.3. The molecule has 4 heteroatoms. The van der Waals surface area contributed by atoms with Crippen molar-refractivity contribution in [2.45, 2.75) is 38.8 Å². The van der Waals surface area contributed by atoms with Gasteiger partial charge in [-0.15, -0.1) is 0 Å². The van der Waals surface area contributed by atoms with Crippen LogP contribution in [0.1, 0.15) is 42.2 Å². The summed E-state index contributed by atoms with van der Waals surface area (Å²) in [4.78, 5) is 14.8. The number of nitrogens with one attached hydrogen (secondary N) is 1. The van der Waals surface area contributed by atoms with Crippen LogP contribution in [-0.4, -0.2) is 22.1 Å². The van der Waals surface area contributed by atoms with Crippen molar-refractivity contribution < 1.29 is 9.90 Å². The van der Waals surface area contributed by atoms with E-state index in [0.717, 1.165) is 18.2 Å². The number of rotatable bonds is 4. The number of pyridine rings is 1. The minimum Gasteiger partial charge on any atom is -0.478 e. The Morgan fingerprint density at radius 3 is 2.88 bits per heavy atom. The Labute approximate surface area is 101 Å². The van der Waals surface area contributed by atoms with Gasteiger partial charge in [0.05, 0.1) is 11.3 Å². The molecule has 2 N–H and O–H groups in total. The molecule has 0 aliphatic heterocycles. The number of hydrogen-bond donors (Lipinski definition) is 2. The molecule has 0 saturated heterocycles. The fourth-order valence-electron chi connectivity index (χ4n) is 2.30. The van der Waals surface area contributed by atoms with Gasteiger partial charge in [0.2, 0.25) is 0 Å². The van der Waals surface area contributed by atoms with Crippen LogP contribution >= 0.6 is 0 Å². The first-order valence-electron chi connectivity index (χ1n) is 6.07.